The van der Waals surface area contributed by atoms with Crippen LogP contribution in [0, 0.1) is 0 Å². The maximum absolute atomic E-state index is 12.5. The fourth-order valence-electron chi connectivity index (χ4n) is 2.99. The van der Waals surface area contributed by atoms with Crippen molar-refractivity contribution in [3.05, 3.63) is 41.5 Å². The number of amides is 1. The first-order valence-electron chi connectivity index (χ1n) is 9.57. The zero-order chi connectivity index (χ0) is 20.6. The average Bonchev–Trinajstić information content (AvgIpc) is 2.67. The Hall–Kier alpha value is -1.74. The maximum Gasteiger partial charge on any atom is 0.251 e. The number of allylic oxidation sites excluding steroid dienone is 1. The van der Waals surface area contributed by atoms with Crippen molar-refractivity contribution in [3.8, 4) is 0 Å². The minimum atomic E-state index is -3.59. The number of piperidine rings is 1. The highest BCUT2D eigenvalue weighted by atomic mass is 32.2. The van der Waals surface area contributed by atoms with Gasteiger partial charge in [-0.05, 0) is 51.0 Å². The van der Waals surface area contributed by atoms with E-state index in [9.17, 15) is 13.2 Å². The Balaban J connectivity index is 1.86. The van der Waals surface area contributed by atoms with Crippen LogP contribution in [0.5, 0.6) is 0 Å². The molecule has 0 saturated carbocycles. The van der Waals surface area contributed by atoms with E-state index in [0.29, 0.717) is 12.2 Å². The lowest BCUT2D eigenvalue weighted by Crippen LogP contribution is -2.44. The van der Waals surface area contributed by atoms with Gasteiger partial charge in [0.1, 0.15) is 0 Å². The summed E-state index contributed by atoms with van der Waals surface area (Å²) in [6.07, 6.45) is 4.05. The second-order valence-electron chi connectivity index (χ2n) is 7.24. The first-order valence-corrected chi connectivity index (χ1v) is 11.1. The lowest BCUT2D eigenvalue weighted by atomic mass is 10.0. The number of benzene rings is 1. The molecule has 0 unspecified atom stereocenters. The highest BCUT2D eigenvalue weighted by Crippen LogP contribution is 2.14. The third-order valence-electron chi connectivity index (χ3n) is 4.71. The Kier molecular flexibility index (Phi) is 8.62. The van der Waals surface area contributed by atoms with Crippen LogP contribution in [0.1, 0.15) is 37.0 Å². The Morgan fingerprint density at radius 3 is 2.43 bits per heavy atom. The van der Waals surface area contributed by atoms with Gasteiger partial charge in [-0.15, -0.1) is 0 Å². The van der Waals surface area contributed by atoms with Gasteiger partial charge >= 0.3 is 0 Å². The Bertz CT molecular complexity index is 763. The van der Waals surface area contributed by atoms with Gasteiger partial charge in [-0.25, -0.2) is 13.1 Å². The lowest BCUT2D eigenvalue weighted by Gasteiger charge is -2.31. The molecule has 28 heavy (non-hydrogen) atoms. The van der Waals surface area contributed by atoms with Crippen LogP contribution < -0.4 is 10.0 Å². The van der Waals surface area contributed by atoms with E-state index in [4.69, 9.17) is 4.74 Å². The normalized spacial score (nSPS) is 16.0. The maximum atomic E-state index is 12.5. The van der Waals surface area contributed by atoms with Crippen molar-refractivity contribution in [2.45, 2.75) is 37.6 Å². The van der Waals surface area contributed by atoms with Gasteiger partial charge in [-0.3, -0.25) is 9.69 Å². The number of hydrogen-bond donors (Lipinski definition) is 2. The molecule has 1 aromatic rings. The molecule has 1 amide bonds. The van der Waals surface area contributed by atoms with Crippen molar-refractivity contribution >= 4 is 15.9 Å². The van der Waals surface area contributed by atoms with Crippen LogP contribution in [-0.4, -0.2) is 65.2 Å². The number of nitrogens with zero attached hydrogens (tertiary/aromatic N) is 1. The van der Waals surface area contributed by atoms with Gasteiger partial charge in [0.15, 0.2) is 0 Å². The van der Waals surface area contributed by atoms with Gasteiger partial charge in [0.05, 0.1) is 11.5 Å². The van der Waals surface area contributed by atoms with Crippen molar-refractivity contribution < 1.29 is 17.9 Å². The molecule has 1 fully saturated rings. The summed E-state index contributed by atoms with van der Waals surface area (Å²) in [6, 6.07) is 6.14. The zero-order valence-electron chi connectivity index (χ0n) is 16.9. The number of carbonyl (C=O) groups excluding carboxylic acids is 1. The summed E-state index contributed by atoms with van der Waals surface area (Å²) in [5.74, 6) is -0.168. The van der Waals surface area contributed by atoms with E-state index in [2.05, 4.69) is 34.9 Å². The topological polar surface area (TPSA) is 87.7 Å². The first kappa shape index (κ1) is 22.5. The number of ether oxygens (including phenoxy) is 1. The van der Waals surface area contributed by atoms with Crippen LogP contribution in [0.25, 0.3) is 0 Å². The molecule has 1 aliphatic rings. The quantitative estimate of drug-likeness (QED) is 0.479. The SMILES string of the molecule is COCCNS(=O)(=O)c1ccc(C(=O)NC2CCN(CC=C(C)C)CC2)cc1. The molecule has 2 N–H and O–H groups in total. The molecule has 0 aromatic heterocycles. The van der Waals surface area contributed by atoms with Crippen LogP contribution >= 0.6 is 0 Å². The molecular weight excluding hydrogens is 378 g/mol. The fourth-order valence-corrected chi connectivity index (χ4v) is 4.00. The predicted molar refractivity (Wildman–Crippen MR) is 110 cm³/mol. The van der Waals surface area contributed by atoms with E-state index in [1.54, 1.807) is 12.1 Å². The highest BCUT2D eigenvalue weighted by Gasteiger charge is 2.21. The number of hydrogen-bond acceptors (Lipinski definition) is 5. The lowest BCUT2D eigenvalue weighted by molar-refractivity contribution is 0.0914. The molecule has 0 atom stereocenters. The van der Waals surface area contributed by atoms with Gasteiger partial charge in [0.2, 0.25) is 10.0 Å². The molecule has 0 spiro atoms. The smallest absolute Gasteiger partial charge is 0.251 e. The molecule has 8 heteroatoms. The van der Waals surface area contributed by atoms with Crippen molar-refractivity contribution in [2.24, 2.45) is 0 Å². The van der Waals surface area contributed by atoms with Crippen LogP contribution in [0.2, 0.25) is 0 Å². The van der Waals surface area contributed by atoms with E-state index in [-0.39, 0.29) is 23.4 Å². The Morgan fingerprint density at radius 2 is 1.86 bits per heavy atom. The van der Waals surface area contributed by atoms with Crippen LogP contribution in [0.3, 0.4) is 0 Å². The van der Waals surface area contributed by atoms with Crippen molar-refractivity contribution in [3.63, 3.8) is 0 Å². The van der Waals surface area contributed by atoms with Gasteiger partial charge < -0.3 is 10.1 Å². The second kappa shape index (κ2) is 10.7. The zero-order valence-corrected chi connectivity index (χ0v) is 17.7. The fraction of sp³-hybridized carbons (Fsp3) is 0.550. The largest absolute Gasteiger partial charge is 0.383 e. The molecular formula is C20H31N3O4S. The number of likely N-dealkylation sites (tertiary alicyclic amines) is 1. The summed E-state index contributed by atoms with van der Waals surface area (Å²) in [4.78, 5) is 15.0. The molecule has 0 bridgehead atoms. The predicted octanol–water partition coefficient (Wildman–Crippen LogP) is 1.77. The molecule has 156 valence electrons. The van der Waals surface area contributed by atoms with E-state index >= 15 is 0 Å². The summed E-state index contributed by atoms with van der Waals surface area (Å²) in [6.45, 7) is 7.56. The summed E-state index contributed by atoms with van der Waals surface area (Å²) >= 11 is 0. The highest BCUT2D eigenvalue weighted by molar-refractivity contribution is 7.89. The molecule has 1 aliphatic heterocycles. The van der Waals surface area contributed by atoms with Gasteiger partial charge in [-0.1, -0.05) is 11.6 Å². The van der Waals surface area contributed by atoms with E-state index in [1.165, 1.54) is 24.8 Å². The van der Waals surface area contributed by atoms with Crippen LogP contribution in [0.15, 0.2) is 40.8 Å². The summed E-state index contributed by atoms with van der Waals surface area (Å²) in [7, 11) is -2.08. The summed E-state index contributed by atoms with van der Waals surface area (Å²) in [5.41, 5.74) is 1.78. The van der Waals surface area contributed by atoms with Crippen LogP contribution in [-0.2, 0) is 14.8 Å². The number of carbonyl (C=O) groups is 1. The molecule has 7 nitrogen and oxygen atoms in total. The molecule has 1 saturated heterocycles. The Morgan fingerprint density at radius 1 is 1.21 bits per heavy atom. The summed E-state index contributed by atoms with van der Waals surface area (Å²) < 4.78 is 31.6. The van der Waals surface area contributed by atoms with Gasteiger partial charge in [0.25, 0.3) is 5.91 Å². The average molecular weight is 410 g/mol. The standard InChI is InChI=1S/C20H31N3O4S/c1-16(2)8-12-23-13-9-18(10-14-23)22-20(24)17-4-6-19(7-5-17)28(25,26)21-11-15-27-3/h4-8,18,21H,9-15H2,1-3H3,(H,22,24). The minimum absolute atomic E-state index is 0.132. The van der Waals surface area contributed by atoms with Gasteiger partial charge in [0, 0.05) is 44.9 Å². The first-order chi connectivity index (χ1) is 13.3. The number of methoxy groups -OCH3 is 1. The minimum Gasteiger partial charge on any atom is -0.383 e. The number of sulfonamides is 1. The third kappa shape index (κ3) is 7.01. The monoisotopic (exact) mass is 409 g/mol. The van der Waals surface area contributed by atoms with E-state index < -0.39 is 10.0 Å². The van der Waals surface area contributed by atoms with Crippen LogP contribution in [0.4, 0.5) is 0 Å². The Labute approximate surface area is 168 Å². The molecule has 0 radical (unpaired) electrons. The van der Waals surface area contributed by atoms with Crippen molar-refractivity contribution in [1.82, 2.24) is 14.9 Å². The molecule has 1 heterocycles. The van der Waals surface area contributed by atoms with E-state index in [0.717, 1.165) is 32.5 Å². The molecule has 0 aliphatic carbocycles. The second-order valence-corrected chi connectivity index (χ2v) is 9.01. The summed E-state index contributed by atoms with van der Waals surface area (Å²) in [5, 5.41) is 3.06. The number of rotatable bonds is 9. The van der Waals surface area contributed by atoms with Crippen molar-refractivity contribution in [1.29, 1.82) is 0 Å². The van der Waals surface area contributed by atoms with Crippen molar-refractivity contribution in [2.75, 3.05) is 39.9 Å². The van der Waals surface area contributed by atoms with Gasteiger partial charge in [-0.2, -0.15) is 0 Å². The molecule has 2 rings (SSSR count). The third-order valence-corrected chi connectivity index (χ3v) is 6.18. The number of nitrogens with one attached hydrogen (secondary N) is 2. The molecule has 1 aromatic carbocycles. The van der Waals surface area contributed by atoms with E-state index in [1.807, 2.05) is 0 Å².